The zero-order valence-electron chi connectivity index (χ0n) is 10.2. The number of nitrogens with one attached hydrogen (secondary N) is 2. The Morgan fingerprint density at radius 3 is 2.65 bits per heavy atom. The van der Waals surface area contributed by atoms with E-state index in [9.17, 15) is 4.79 Å². The van der Waals surface area contributed by atoms with Crippen molar-refractivity contribution in [2.45, 2.75) is 26.2 Å². The minimum absolute atomic E-state index is 0.146. The van der Waals surface area contributed by atoms with Crippen LogP contribution in [-0.2, 0) is 4.79 Å². The fraction of sp³-hybridized carbons (Fsp3) is 0.538. The number of aromatic nitrogens is 1. The molecule has 17 heavy (non-hydrogen) atoms. The van der Waals surface area contributed by atoms with Gasteiger partial charge in [-0.05, 0) is 44.5 Å². The van der Waals surface area contributed by atoms with Gasteiger partial charge in [0, 0.05) is 18.1 Å². The average molecular weight is 233 g/mol. The number of pyridine rings is 1. The van der Waals surface area contributed by atoms with E-state index in [2.05, 4.69) is 22.5 Å². The quantitative estimate of drug-likeness (QED) is 0.837. The van der Waals surface area contributed by atoms with Crippen molar-refractivity contribution in [2.75, 3.05) is 18.4 Å². The first-order chi connectivity index (χ1) is 8.27. The van der Waals surface area contributed by atoms with Gasteiger partial charge in [0.2, 0.25) is 5.91 Å². The Hall–Kier alpha value is -1.42. The summed E-state index contributed by atoms with van der Waals surface area (Å²) in [7, 11) is 0. The molecule has 1 aliphatic rings. The lowest BCUT2D eigenvalue weighted by molar-refractivity contribution is -0.127. The summed E-state index contributed by atoms with van der Waals surface area (Å²) < 4.78 is 0. The third-order valence-corrected chi connectivity index (χ3v) is 3.66. The number of rotatable bonds is 3. The van der Waals surface area contributed by atoms with Crippen LogP contribution in [0.5, 0.6) is 0 Å². The lowest BCUT2D eigenvalue weighted by Gasteiger charge is -2.35. The van der Waals surface area contributed by atoms with Gasteiger partial charge in [-0.2, -0.15) is 0 Å². The molecule has 92 valence electrons. The molecule has 4 nitrogen and oxygen atoms in total. The number of piperidine rings is 1. The minimum Gasteiger partial charge on any atom is -0.325 e. The van der Waals surface area contributed by atoms with Gasteiger partial charge < -0.3 is 10.6 Å². The van der Waals surface area contributed by atoms with Gasteiger partial charge in [0.1, 0.15) is 0 Å². The maximum Gasteiger partial charge on any atom is 0.230 e. The Balaban J connectivity index is 2.07. The van der Waals surface area contributed by atoms with Crippen molar-refractivity contribution in [3.05, 3.63) is 24.5 Å². The van der Waals surface area contributed by atoms with E-state index in [1.54, 1.807) is 12.4 Å². The molecule has 1 aliphatic heterocycles. The number of hydrogen-bond donors (Lipinski definition) is 2. The number of nitrogens with zero attached hydrogens (tertiary/aromatic N) is 1. The van der Waals surface area contributed by atoms with Crippen LogP contribution in [0.2, 0.25) is 0 Å². The van der Waals surface area contributed by atoms with Gasteiger partial charge in [-0.25, -0.2) is 0 Å². The highest BCUT2D eigenvalue weighted by molar-refractivity contribution is 5.95. The van der Waals surface area contributed by atoms with Crippen molar-refractivity contribution in [3.8, 4) is 0 Å². The SMILES string of the molecule is CCC1(C(=O)Nc2ccncc2)CCNCC1. The van der Waals surface area contributed by atoms with E-state index in [4.69, 9.17) is 0 Å². The molecule has 0 aliphatic carbocycles. The Kier molecular flexibility index (Phi) is 3.74. The number of carbonyl (C=O) groups is 1. The van der Waals surface area contributed by atoms with Crippen LogP contribution in [0.25, 0.3) is 0 Å². The summed E-state index contributed by atoms with van der Waals surface area (Å²) in [5.74, 6) is 0.146. The molecule has 1 aromatic heterocycles. The van der Waals surface area contributed by atoms with E-state index in [-0.39, 0.29) is 11.3 Å². The van der Waals surface area contributed by atoms with Crippen molar-refractivity contribution in [2.24, 2.45) is 5.41 Å². The third-order valence-electron chi connectivity index (χ3n) is 3.66. The predicted octanol–water partition coefficient (Wildman–Crippen LogP) is 1.80. The summed E-state index contributed by atoms with van der Waals surface area (Å²) in [4.78, 5) is 16.3. The normalized spacial score (nSPS) is 18.6. The second-order valence-electron chi connectivity index (χ2n) is 4.57. The summed E-state index contributed by atoms with van der Waals surface area (Å²) in [5.41, 5.74) is 0.630. The Bertz CT molecular complexity index is 372. The first-order valence-electron chi connectivity index (χ1n) is 6.19. The van der Waals surface area contributed by atoms with E-state index in [0.717, 1.165) is 38.0 Å². The monoisotopic (exact) mass is 233 g/mol. The zero-order valence-corrected chi connectivity index (χ0v) is 10.2. The van der Waals surface area contributed by atoms with Crippen LogP contribution in [0, 0.1) is 5.41 Å². The van der Waals surface area contributed by atoms with Crippen LogP contribution in [0.1, 0.15) is 26.2 Å². The average Bonchev–Trinajstić information content (AvgIpc) is 2.40. The molecule has 0 saturated carbocycles. The predicted molar refractivity (Wildman–Crippen MR) is 67.7 cm³/mol. The third kappa shape index (κ3) is 2.64. The maximum atomic E-state index is 12.4. The number of carbonyl (C=O) groups excluding carboxylic acids is 1. The van der Waals surface area contributed by atoms with Crippen LogP contribution in [0.4, 0.5) is 5.69 Å². The van der Waals surface area contributed by atoms with Crippen molar-refractivity contribution >= 4 is 11.6 Å². The maximum absolute atomic E-state index is 12.4. The van der Waals surface area contributed by atoms with Crippen LogP contribution >= 0.6 is 0 Å². The van der Waals surface area contributed by atoms with Crippen LogP contribution in [0.15, 0.2) is 24.5 Å². The van der Waals surface area contributed by atoms with Gasteiger partial charge in [-0.1, -0.05) is 6.92 Å². The van der Waals surface area contributed by atoms with E-state index >= 15 is 0 Å². The highest BCUT2D eigenvalue weighted by atomic mass is 16.2. The molecule has 0 atom stereocenters. The molecule has 2 rings (SSSR count). The Morgan fingerprint density at radius 1 is 1.41 bits per heavy atom. The summed E-state index contributed by atoms with van der Waals surface area (Å²) in [5, 5.41) is 6.30. The topological polar surface area (TPSA) is 54.0 Å². The molecule has 2 heterocycles. The fourth-order valence-corrected chi connectivity index (χ4v) is 2.35. The van der Waals surface area contributed by atoms with Crippen LogP contribution in [-0.4, -0.2) is 24.0 Å². The van der Waals surface area contributed by atoms with Gasteiger partial charge in [-0.3, -0.25) is 9.78 Å². The van der Waals surface area contributed by atoms with Crippen LogP contribution < -0.4 is 10.6 Å². The van der Waals surface area contributed by atoms with Crippen LogP contribution in [0.3, 0.4) is 0 Å². The molecule has 1 saturated heterocycles. The van der Waals surface area contributed by atoms with Crippen molar-refractivity contribution in [1.29, 1.82) is 0 Å². The summed E-state index contributed by atoms with van der Waals surface area (Å²) in [6.07, 6.45) is 6.11. The highest BCUT2D eigenvalue weighted by Crippen LogP contribution is 2.33. The van der Waals surface area contributed by atoms with E-state index in [0.29, 0.717) is 0 Å². The molecular weight excluding hydrogens is 214 g/mol. The van der Waals surface area contributed by atoms with Gasteiger partial charge in [0.25, 0.3) is 0 Å². The molecule has 1 fully saturated rings. The first-order valence-corrected chi connectivity index (χ1v) is 6.19. The smallest absolute Gasteiger partial charge is 0.230 e. The molecule has 0 unspecified atom stereocenters. The summed E-state index contributed by atoms with van der Waals surface area (Å²) in [6.45, 7) is 3.95. The second-order valence-corrected chi connectivity index (χ2v) is 4.57. The minimum atomic E-state index is -0.200. The van der Waals surface area contributed by atoms with E-state index in [1.165, 1.54) is 0 Å². The van der Waals surface area contributed by atoms with Gasteiger partial charge in [-0.15, -0.1) is 0 Å². The first kappa shape index (κ1) is 12.0. The number of hydrogen-bond acceptors (Lipinski definition) is 3. The second kappa shape index (κ2) is 5.27. The lowest BCUT2D eigenvalue weighted by atomic mass is 9.76. The zero-order chi connectivity index (χ0) is 12.1. The molecular formula is C13H19N3O. The van der Waals surface area contributed by atoms with Crippen molar-refractivity contribution in [3.63, 3.8) is 0 Å². The number of anilines is 1. The molecule has 0 bridgehead atoms. The van der Waals surface area contributed by atoms with E-state index in [1.807, 2.05) is 12.1 Å². The van der Waals surface area contributed by atoms with Crippen molar-refractivity contribution in [1.82, 2.24) is 10.3 Å². The molecule has 0 radical (unpaired) electrons. The molecule has 2 N–H and O–H groups in total. The molecule has 1 amide bonds. The fourth-order valence-electron chi connectivity index (χ4n) is 2.35. The Labute approximate surface area is 102 Å². The molecule has 1 aromatic rings. The summed E-state index contributed by atoms with van der Waals surface area (Å²) in [6, 6.07) is 3.64. The van der Waals surface area contributed by atoms with E-state index < -0.39 is 0 Å². The van der Waals surface area contributed by atoms with Crippen molar-refractivity contribution < 1.29 is 4.79 Å². The highest BCUT2D eigenvalue weighted by Gasteiger charge is 2.37. The van der Waals surface area contributed by atoms with Gasteiger partial charge >= 0.3 is 0 Å². The number of amides is 1. The largest absolute Gasteiger partial charge is 0.325 e. The van der Waals surface area contributed by atoms with Gasteiger partial charge in [0.05, 0.1) is 5.41 Å². The molecule has 0 aromatic carbocycles. The molecule has 4 heteroatoms. The lowest BCUT2D eigenvalue weighted by Crippen LogP contribution is -2.44. The standard InChI is InChI=1S/C13H19N3O/c1-2-13(5-9-15-10-6-13)12(17)16-11-3-7-14-8-4-11/h3-4,7-8,15H,2,5-6,9-10H2,1H3,(H,14,16,17). The summed E-state index contributed by atoms with van der Waals surface area (Å²) >= 11 is 0. The van der Waals surface area contributed by atoms with Gasteiger partial charge in [0.15, 0.2) is 0 Å². The Morgan fingerprint density at radius 2 is 2.06 bits per heavy atom. The molecule has 0 spiro atoms.